The standard InChI is InChI=1S/C11H15ClN4/c1-15-5-9-6-16(7-10(9)15)4-8-2-13-11(12)14-3-8/h2-3,9-10H,4-7H2,1H3/t9-,10+/m1/s1. The highest BCUT2D eigenvalue weighted by atomic mass is 35.5. The second kappa shape index (κ2) is 3.95. The lowest BCUT2D eigenvalue weighted by molar-refractivity contribution is 0.0825. The fourth-order valence-corrected chi connectivity index (χ4v) is 2.89. The van der Waals surface area contributed by atoms with E-state index in [-0.39, 0.29) is 0 Å². The molecule has 86 valence electrons. The van der Waals surface area contributed by atoms with Gasteiger partial charge in [-0.05, 0) is 18.6 Å². The third-order valence-corrected chi connectivity index (χ3v) is 3.85. The number of halogens is 1. The smallest absolute Gasteiger partial charge is 0.222 e. The van der Waals surface area contributed by atoms with Crippen LogP contribution < -0.4 is 0 Å². The summed E-state index contributed by atoms with van der Waals surface area (Å²) in [6.45, 7) is 4.57. The molecular weight excluding hydrogens is 224 g/mol. The molecule has 0 radical (unpaired) electrons. The highest BCUT2D eigenvalue weighted by Crippen LogP contribution is 2.31. The molecule has 0 aliphatic carbocycles. The molecule has 2 atom stereocenters. The molecule has 0 saturated carbocycles. The van der Waals surface area contributed by atoms with Gasteiger partial charge >= 0.3 is 0 Å². The van der Waals surface area contributed by atoms with E-state index in [1.165, 1.54) is 19.6 Å². The van der Waals surface area contributed by atoms with Crippen LogP contribution in [0.25, 0.3) is 0 Å². The van der Waals surface area contributed by atoms with Crippen molar-refractivity contribution in [2.45, 2.75) is 12.6 Å². The van der Waals surface area contributed by atoms with E-state index in [0.29, 0.717) is 5.28 Å². The van der Waals surface area contributed by atoms with Crippen LogP contribution in [0.4, 0.5) is 0 Å². The number of likely N-dealkylation sites (N-methyl/N-ethyl adjacent to an activating group) is 1. The normalized spacial score (nSPS) is 30.1. The highest BCUT2D eigenvalue weighted by Gasteiger charge is 2.43. The highest BCUT2D eigenvalue weighted by molar-refractivity contribution is 6.28. The molecule has 5 heteroatoms. The summed E-state index contributed by atoms with van der Waals surface area (Å²) in [7, 11) is 2.20. The molecule has 2 fully saturated rings. The molecule has 2 saturated heterocycles. The molecule has 0 bridgehead atoms. The Kier molecular flexibility index (Phi) is 2.58. The lowest BCUT2D eigenvalue weighted by Crippen LogP contribution is -2.52. The molecule has 1 aromatic heterocycles. The van der Waals surface area contributed by atoms with Crippen LogP contribution in [-0.4, -0.2) is 52.5 Å². The number of hydrogen-bond donors (Lipinski definition) is 0. The van der Waals surface area contributed by atoms with Crippen molar-refractivity contribution in [1.82, 2.24) is 19.8 Å². The van der Waals surface area contributed by atoms with Gasteiger partial charge in [0.05, 0.1) is 0 Å². The molecule has 3 heterocycles. The van der Waals surface area contributed by atoms with Gasteiger partial charge in [-0.15, -0.1) is 0 Å². The summed E-state index contributed by atoms with van der Waals surface area (Å²) in [5.74, 6) is 0.873. The first-order chi connectivity index (χ1) is 7.72. The summed E-state index contributed by atoms with van der Waals surface area (Å²) in [5.41, 5.74) is 1.15. The van der Waals surface area contributed by atoms with E-state index in [4.69, 9.17) is 11.6 Å². The number of nitrogens with zero attached hydrogens (tertiary/aromatic N) is 4. The number of rotatable bonds is 2. The molecule has 2 aliphatic rings. The number of hydrogen-bond acceptors (Lipinski definition) is 4. The molecule has 0 aromatic carbocycles. The van der Waals surface area contributed by atoms with E-state index in [1.54, 1.807) is 0 Å². The Bertz CT molecular complexity index is 380. The maximum atomic E-state index is 5.66. The van der Waals surface area contributed by atoms with Gasteiger partial charge in [-0.3, -0.25) is 4.90 Å². The molecule has 4 nitrogen and oxygen atoms in total. The van der Waals surface area contributed by atoms with E-state index in [0.717, 1.165) is 24.1 Å². The third-order valence-electron chi connectivity index (χ3n) is 3.65. The molecule has 3 rings (SSSR count). The van der Waals surface area contributed by atoms with Gasteiger partial charge in [0.15, 0.2) is 0 Å². The van der Waals surface area contributed by atoms with Gasteiger partial charge in [-0.2, -0.15) is 0 Å². The van der Waals surface area contributed by atoms with Crippen LogP contribution in [0.1, 0.15) is 5.56 Å². The van der Waals surface area contributed by atoms with Crippen LogP contribution >= 0.6 is 11.6 Å². The molecule has 1 aromatic rings. The molecular formula is C11H15ClN4. The number of fused-ring (bicyclic) bond motifs is 1. The Hall–Kier alpha value is -0.710. The molecule has 0 amide bonds. The lowest BCUT2D eigenvalue weighted by Gasteiger charge is -2.40. The third kappa shape index (κ3) is 1.81. The molecule has 0 unspecified atom stereocenters. The summed E-state index contributed by atoms with van der Waals surface area (Å²) >= 11 is 5.66. The van der Waals surface area contributed by atoms with Gasteiger partial charge < -0.3 is 4.90 Å². The van der Waals surface area contributed by atoms with Gasteiger partial charge in [-0.1, -0.05) is 0 Å². The minimum Gasteiger partial charge on any atom is -0.301 e. The Labute approximate surface area is 100 Å². The average Bonchev–Trinajstić information content (AvgIpc) is 2.59. The first-order valence-corrected chi connectivity index (χ1v) is 5.99. The zero-order valence-electron chi connectivity index (χ0n) is 9.30. The Morgan fingerprint density at radius 2 is 2.06 bits per heavy atom. The van der Waals surface area contributed by atoms with Crippen LogP contribution in [0.2, 0.25) is 5.28 Å². The van der Waals surface area contributed by atoms with Gasteiger partial charge in [0.2, 0.25) is 5.28 Å². The Morgan fingerprint density at radius 3 is 2.69 bits per heavy atom. The Balaban J connectivity index is 1.62. The van der Waals surface area contributed by atoms with Crippen molar-refractivity contribution in [2.24, 2.45) is 5.92 Å². The lowest BCUT2D eigenvalue weighted by atomic mass is 9.93. The fraction of sp³-hybridized carbons (Fsp3) is 0.636. The number of likely N-dealkylation sites (tertiary alicyclic amines) is 2. The van der Waals surface area contributed by atoms with Crippen molar-refractivity contribution >= 4 is 11.6 Å². The zero-order chi connectivity index (χ0) is 11.1. The summed E-state index contributed by atoms with van der Waals surface area (Å²) in [6, 6.07) is 0.771. The van der Waals surface area contributed by atoms with Crippen LogP contribution in [0.15, 0.2) is 12.4 Å². The van der Waals surface area contributed by atoms with Crippen molar-refractivity contribution < 1.29 is 0 Å². The van der Waals surface area contributed by atoms with Crippen LogP contribution in [0.5, 0.6) is 0 Å². The Morgan fingerprint density at radius 1 is 1.31 bits per heavy atom. The van der Waals surface area contributed by atoms with E-state index < -0.39 is 0 Å². The fourth-order valence-electron chi connectivity index (χ4n) is 2.80. The molecule has 16 heavy (non-hydrogen) atoms. The maximum absolute atomic E-state index is 5.66. The number of aromatic nitrogens is 2. The minimum atomic E-state index is 0.324. The summed E-state index contributed by atoms with van der Waals surface area (Å²) < 4.78 is 0. The van der Waals surface area contributed by atoms with E-state index in [2.05, 4.69) is 26.8 Å². The monoisotopic (exact) mass is 238 g/mol. The van der Waals surface area contributed by atoms with Crippen LogP contribution in [-0.2, 0) is 6.54 Å². The minimum absolute atomic E-state index is 0.324. The van der Waals surface area contributed by atoms with Crippen molar-refractivity contribution in [3.05, 3.63) is 23.2 Å². The summed E-state index contributed by atoms with van der Waals surface area (Å²) in [5, 5.41) is 0.324. The van der Waals surface area contributed by atoms with E-state index in [9.17, 15) is 0 Å². The van der Waals surface area contributed by atoms with Crippen molar-refractivity contribution in [3.8, 4) is 0 Å². The quantitative estimate of drug-likeness (QED) is 0.716. The zero-order valence-corrected chi connectivity index (χ0v) is 10.1. The maximum Gasteiger partial charge on any atom is 0.222 e. The summed E-state index contributed by atoms with van der Waals surface area (Å²) in [6.07, 6.45) is 3.64. The van der Waals surface area contributed by atoms with Gasteiger partial charge in [-0.25, -0.2) is 9.97 Å². The first kappa shape index (κ1) is 10.4. The average molecular weight is 239 g/mol. The molecule has 0 N–H and O–H groups in total. The van der Waals surface area contributed by atoms with Gasteiger partial charge in [0, 0.05) is 56.1 Å². The van der Waals surface area contributed by atoms with Crippen molar-refractivity contribution in [3.63, 3.8) is 0 Å². The predicted octanol–water partition coefficient (Wildman–Crippen LogP) is 0.876. The second-order valence-corrected chi connectivity index (χ2v) is 5.16. The van der Waals surface area contributed by atoms with Gasteiger partial charge in [0.25, 0.3) is 0 Å². The van der Waals surface area contributed by atoms with Crippen molar-refractivity contribution in [1.29, 1.82) is 0 Å². The molecule has 2 aliphatic heterocycles. The van der Waals surface area contributed by atoms with Crippen molar-refractivity contribution in [2.75, 3.05) is 26.7 Å². The molecule has 0 spiro atoms. The predicted molar refractivity (Wildman–Crippen MR) is 62.2 cm³/mol. The largest absolute Gasteiger partial charge is 0.301 e. The SMILES string of the molecule is CN1C[C@@H]2CN(Cc3cnc(Cl)nc3)C[C@@H]21. The van der Waals surface area contributed by atoms with E-state index >= 15 is 0 Å². The van der Waals surface area contributed by atoms with Crippen LogP contribution in [0, 0.1) is 5.92 Å². The first-order valence-electron chi connectivity index (χ1n) is 5.61. The van der Waals surface area contributed by atoms with E-state index in [1.807, 2.05) is 12.4 Å². The summed E-state index contributed by atoms with van der Waals surface area (Å²) in [4.78, 5) is 12.9. The second-order valence-electron chi connectivity index (χ2n) is 4.82. The topological polar surface area (TPSA) is 32.3 Å². The van der Waals surface area contributed by atoms with Crippen LogP contribution in [0.3, 0.4) is 0 Å². The van der Waals surface area contributed by atoms with Gasteiger partial charge in [0.1, 0.15) is 0 Å².